The third-order valence-corrected chi connectivity index (χ3v) is 2.35. The zero-order chi connectivity index (χ0) is 14.5. The number of hydrogen-bond acceptors (Lipinski definition) is 4. The third kappa shape index (κ3) is 5.18. The smallest absolute Gasteiger partial charge is 0.407 e. The molecule has 1 amide bonds. The Morgan fingerprint density at radius 1 is 1.37 bits per heavy atom. The Morgan fingerprint density at radius 2 is 2.05 bits per heavy atom. The molecule has 0 heterocycles. The summed E-state index contributed by atoms with van der Waals surface area (Å²) < 4.78 is 10.4. The number of ether oxygens (including phenoxy) is 2. The second-order valence-electron chi connectivity index (χ2n) is 5.16. The first-order valence-electron chi connectivity index (χ1n) is 6.09. The summed E-state index contributed by atoms with van der Waals surface area (Å²) >= 11 is 0. The van der Waals surface area contributed by atoms with Crippen LogP contribution in [0.1, 0.15) is 31.9 Å². The van der Waals surface area contributed by atoms with Crippen molar-refractivity contribution >= 4 is 6.09 Å². The number of rotatable bonds is 4. The lowest BCUT2D eigenvalue weighted by molar-refractivity contribution is 0.0523. The average molecular weight is 267 g/mol. The van der Waals surface area contributed by atoms with Gasteiger partial charge in [0.2, 0.25) is 0 Å². The van der Waals surface area contributed by atoms with Gasteiger partial charge in [0, 0.05) is 12.1 Å². The van der Waals surface area contributed by atoms with Crippen LogP contribution in [-0.4, -0.2) is 23.9 Å². The molecule has 0 radical (unpaired) electrons. The highest BCUT2D eigenvalue weighted by atomic mass is 16.6. The largest absolute Gasteiger partial charge is 0.496 e. The lowest BCUT2D eigenvalue weighted by atomic mass is 10.1. The molecule has 0 aliphatic rings. The number of hydrogen-bond donors (Lipinski definition) is 2. The summed E-state index contributed by atoms with van der Waals surface area (Å²) in [5.74, 6) is 0.660. The fourth-order valence-electron chi connectivity index (χ4n) is 1.55. The van der Waals surface area contributed by atoms with E-state index < -0.39 is 11.7 Å². The molecule has 1 aromatic carbocycles. The van der Waals surface area contributed by atoms with Gasteiger partial charge in [0.25, 0.3) is 0 Å². The fourth-order valence-corrected chi connectivity index (χ4v) is 1.55. The van der Waals surface area contributed by atoms with Crippen LogP contribution in [0.5, 0.6) is 5.75 Å². The molecule has 0 saturated carbocycles. The van der Waals surface area contributed by atoms with Crippen molar-refractivity contribution in [2.75, 3.05) is 7.11 Å². The first kappa shape index (κ1) is 15.3. The number of benzene rings is 1. The van der Waals surface area contributed by atoms with E-state index >= 15 is 0 Å². The first-order valence-corrected chi connectivity index (χ1v) is 6.09. The number of carbonyl (C=O) groups is 1. The van der Waals surface area contributed by atoms with Crippen molar-refractivity contribution in [1.29, 1.82) is 0 Å². The monoisotopic (exact) mass is 267 g/mol. The predicted octanol–water partition coefficient (Wildman–Crippen LogP) is 2.21. The summed E-state index contributed by atoms with van der Waals surface area (Å²) in [6.07, 6.45) is -0.482. The summed E-state index contributed by atoms with van der Waals surface area (Å²) in [6.45, 7) is 5.65. The molecule has 19 heavy (non-hydrogen) atoms. The number of amides is 1. The number of carbonyl (C=O) groups excluding carboxylic acids is 1. The van der Waals surface area contributed by atoms with E-state index in [9.17, 15) is 4.79 Å². The van der Waals surface area contributed by atoms with Crippen LogP contribution in [0.3, 0.4) is 0 Å². The van der Waals surface area contributed by atoms with E-state index in [1.165, 1.54) is 0 Å². The molecule has 5 heteroatoms. The molecular weight excluding hydrogens is 246 g/mol. The van der Waals surface area contributed by atoms with E-state index in [0.29, 0.717) is 5.75 Å². The molecule has 0 bridgehead atoms. The van der Waals surface area contributed by atoms with Crippen LogP contribution < -0.4 is 10.1 Å². The van der Waals surface area contributed by atoms with E-state index in [-0.39, 0.29) is 13.2 Å². The molecule has 0 aliphatic carbocycles. The second kappa shape index (κ2) is 6.43. The number of aliphatic hydroxyl groups is 1. The quantitative estimate of drug-likeness (QED) is 0.877. The van der Waals surface area contributed by atoms with Gasteiger partial charge in [-0.1, -0.05) is 6.07 Å². The van der Waals surface area contributed by atoms with Gasteiger partial charge in [-0.05, 0) is 38.5 Å². The predicted molar refractivity (Wildman–Crippen MR) is 72.0 cm³/mol. The molecule has 0 saturated heterocycles. The molecule has 1 aromatic rings. The Kier molecular flexibility index (Phi) is 5.18. The van der Waals surface area contributed by atoms with Crippen LogP contribution in [0.25, 0.3) is 0 Å². The molecule has 2 N–H and O–H groups in total. The zero-order valence-electron chi connectivity index (χ0n) is 11.8. The van der Waals surface area contributed by atoms with Gasteiger partial charge in [-0.2, -0.15) is 0 Å². The van der Waals surface area contributed by atoms with Crippen molar-refractivity contribution in [2.24, 2.45) is 0 Å². The van der Waals surface area contributed by atoms with E-state index in [4.69, 9.17) is 14.6 Å². The summed E-state index contributed by atoms with van der Waals surface area (Å²) in [6, 6.07) is 5.32. The van der Waals surface area contributed by atoms with Crippen LogP contribution in [0.15, 0.2) is 18.2 Å². The van der Waals surface area contributed by atoms with E-state index in [0.717, 1.165) is 11.1 Å². The summed E-state index contributed by atoms with van der Waals surface area (Å²) in [5.41, 5.74) is 1.03. The minimum Gasteiger partial charge on any atom is -0.496 e. The first-order chi connectivity index (χ1) is 8.85. The molecule has 5 nitrogen and oxygen atoms in total. The van der Waals surface area contributed by atoms with Crippen LogP contribution in [0.2, 0.25) is 0 Å². The summed E-state index contributed by atoms with van der Waals surface area (Å²) in [7, 11) is 1.56. The Labute approximate surface area is 113 Å². The molecule has 0 fully saturated rings. The Hall–Kier alpha value is -1.75. The Morgan fingerprint density at radius 3 is 2.58 bits per heavy atom. The number of methoxy groups -OCH3 is 1. The minimum absolute atomic E-state index is 0.0522. The van der Waals surface area contributed by atoms with Gasteiger partial charge in [-0.15, -0.1) is 0 Å². The molecule has 0 aliphatic heterocycles. The molecule has 0 unspecified atom stereocenters. The highest BCUT2D eigenvalue weighted by Gasteiger charge is 2.16. The molecule has 1 rings (SSSR count). The van der Waals surface area contributed by atoms with Crippen LogP contribution in [0, 0.1) is 0 Å². The van der Waals surface area contributed by atoms with Gasteiger partial charge in [0.1, 0.15) is 11.4 Å². The maximum atomic E-state index is 11.6. The van der Waals surface area contributed by atoms with Crippen molar-refractivity contribution in [3.8, 4) is 5.75 Å². The molecular formula is C14H21NO4. The maximum Gasteiger partial charge on any atom is 0.407 e. The van der Waals surface area contributed by atoms with Crippen molar-refractivity contribution in [3.63, 3.8) is 0 Å². The highest BCUT2D eigenvalue weighted by Crippen LogP contribution is 2.20. The number of aliphatic hydroxyl groups excluding tert-OH is 1. The van der Waals surface area contributed by atoms with Crippen LogP contribution >= 0.6 is 0 Å². The van der Waals surface area contributed by atoms with Gasteiger partial charge >= 0.3 is 6.09 Å². The zero-order valence-corrected chi connectivity index (χ0v) is 11.8. The van der Waals surface area contributed by atoms with Gasteiger partial charge in [0.15, 0.2) is 0 Å². The standard InChI is InChI=1S/C14H21NO4/c1-14(2,3)19-13(17)15-8-11-7-10(9-16)5-6-12(11)18-4/h5-7,16H,8-9H2,1-4H3,(H,15,17). The maximum absolute atomic E-state index is 11.6. The van der Waals surface area contributed by atoms with E-state index in [1.54, 1.807) is 46.1 Å². The van der Waals surface area contributed by atoms with Gasteiger partial charge in [-0.25, -0.2) is 4.79 Å². The van der Waals surface area contributed by atoms with Crippen LogP contribution in [-0.2, 0) is 17.9 Å². The third-order valence-electron chi connectivity index (χ3n) is 2.35. The number of nitrogens with one attached hydrogen (secondary N) is 1. The minimum atomic E-state index is -0.527. The van der Waals surface area contributed by atoms with Crippen molar-refractivity contribution in [1.82, 2.24) is 5.32 Å². The van der Waals surface area contributed by atoms with Crippen molar-refractivity contribution in [2.45, 2.75) is 39.5 Å². The van der Waals surface area contributed by atoms with Gasteiger partial charge < -0.3 is 19.9 Å². The Bertz CT molecular complexity index is 438. The van der Waals surface area contributed by atoms with E-state index in [2.05, 4.69) is 5.32 Å². The second-order valence-corrected chi connectivity index (χ2v) is 5.16. The fraction of sp³-hybridized carbons (Fsp3) is 0.500. The summed E-state index contributed by atoms with van der Waals surface area (Å²) in [4.78, 5) is 11.6. The Balaban J connectivity index is 2.68. The molecule has 0 spiro atoms. The summed E-state index contributed by atoms with van der Waals surface area (Å²) in [5, 5.41) is 11.8. The molecule has 0 atom stereocenters. The van der Waals surface area contributed by atoms with Crippen molar-refractivity contribution in [3.05, 3.63) is 29.3 Å². The van der Waals surface area contributed by atoms with Crippen molar-refractivity contribution < 1.29 is 19.4 Å². The van der Waals surface area contributed by atoms with E-state index in [1.807, 2.05) is 0 Å². The SMILES string of the molecule is COc1ccc(CO)cc1CNC(=O)OC(C)(C)C. The van der Waals surface area contributed by atoms with Crippen LogP contribution in [0.4, 0.5) is 4.79 Å². The highest BCUT2D eigenvalue weighted by molar-refractivity contribution is 5.67. The number of alkyl carbamates (subject to hydrolysis) is 1. The lowest BCUT2D eigenvalue weighted by Crippen LogP contribution is -2.32. The normalized spacial score (nSPS) is 11.0. The molecule has 106 valence electrons. The van der Waals surface area contributed by atoms with Gasteiger partial charge in [0.05, 0.1) is 13.7 Å². The average Bonchev–Trinajstić information content (AvgIpc) is 2.33. The topological polar surface area (TPSA) is 67.8 Å². The van der Waals surface area contributed by atoms with Gasteiger partial charge in [-0.3, -0.25) is 0 Å². The lowest BCUT2D eigenvalue weighted by Gasteiger charge is -2.20. The molecule has 0 aromatic heterocycles.